The number of benzene rings is 1. The van der Waals surface area contributed by atoms with Crippen LogP contribution in [-0.4, -0.2) is 50.9 Å². The highest BCUT2D eigenvalue weighted by molar-refractivity contribution is 5.93. The molecular formula is C21H20N4O3. The van der Waals surface area contributed by atoms with Crippen LogP contribution in [0, 0.1) is 11.8 Å². The summed E-state index contributed by atoms with van der Waals surface area (Å²) in [7, 11) is 1.61. The second-order valence-electron chi connectivity index (χ2n) is 6.21. The molecule has 2 aromatic heterocycles. The topological polar surface area (TPSA) is 101 Å². The molecule has 0 aliphatic heterocycles. The highest BCUT2D eigenvalue weighted by Crippen LogP contribution is 2.25. The fraction of sp³-hybridized carbons (Fsp3) is 0.190. The van der Waals surface area contributed by atoms with E-state index in [1.807, 2.05) is 25.1 Å². The second-order valence-corrected chi connectivity index (χ2v) is 6.21. The third-order valence-corrected chi connectivity index (χ3v) is 4.34. The van der Waals surface area contributed by atoms with Gasteiger partial charge in [0.05, 0.1) is 11.2 Å². The first-order valence-corrected chi connectivity index (χ1v) is 8.74. The minimum absolute atomic E-state index is 0.144. The fourth-order valence-electron chi connectivity index (χ4n) is 2.75. The van der Waals surface area contributed by atoms with Gasteiger partial charge in [-0.2, -0.15) is 0 Å². The molecule has 7 nitrogen and oxygen atoms in total. The van der Waals surface area contributed by atoms with E-state index in [1.165, 1.54) is 4.90 Å². The molecule has 28 heavy (non-hydrogen) atoms. The van der Waals surface area contributed by atoms with E-state index in [9.17, 15) is 14.7 Å². The van der Waals surface area contributed by atoms with Crippen molar-refractivity contribution in [2.24, 2.45) is 5.73 Å². The van der Waals surface area contributed by atoms with Crippen LogP contribution in [-0.2, 0) is 4.79 Å². The number of aliphatic hydroxyl groups excluding tert-OH is 1. The smallest absolute Gasteiger partial charge is 0.285 e. The minimum Gasteiger partial charge on any atom is -0.372 e. The maximum atomic E-state index is 11.9. The van der Waals surface area contributed by atoms with Gasteiger partial charge in [-0.05, 0) is 31.2 Å². The molecule has 0 saturated heterocycles. The molecule has 0 fully saturated rings. The summed E-state index contributed by atoms with van der Waals surface area (Å²) in [5, 5.41) is 9.94. The number of fused-ring (bicyclic) bond motifs is 1. The van der Waals surface area contributed by atoms with Crippen molar-refractivity contribution >= 4 is 17.3 Å². The van der Waals surface area contributed by atoms with Crippen molar-refractivity contribution in [2.45, 2.75) is 13.0 Å². The van der Waals surface area contributed by atoms with Crippen LogP contribution in [0.25, 0.3) is 16.8 Å². The van der Waals surface area contributed by atoms with Crippen LogP contribution in [0.4, 0.5) is 0 Å². The van der Waals surface area contributed by atoms with Gasteiger partial charge < -0.3 is 15.7 Å². The van der Waals surface area contributed by atoms with Gasteiger partial charge in [0, 0.05) is 30.9 Å². The fourth-order valence-corrected chi connectivity index (χ4v) is 2.75. The van der Waals surface area contributed by atoms with E-state index in [0.29, 0.717) is 17.8 Å². The zero-order valence-electron chi connectivity index (χ0n) is 15.6. The average Bonchev–Trinajstić information content (AvgIpc) is 3.11. The van der Waals surface area contributed by atoms with Crippen molar-refractivity contribution < 1.29 is 14.7 Å². The number of rotatable bonds is 4. The van der Waals surface area contributed by atoms with E-state index in [0.717, 1.165) is 11.1 Å². The van der Waals surface area contributed by atoms with Gasteiger partial charge in [-0.15, -0.1) is 0 Å². The van der Waals surface area contributed by atoms with Crippen molar-refractivity contribution in [3.05, 3.63) is 60.0 Å². The SMILES string of the molecule is CCN(C)C(=O)[C@H](O)C#Cc1cccc(-c2nc(C(N)=O)n3ccccc23)c1. The number of nitrogens with two attached hydrogens (primary N) is 1. The number of hydrogen-bond donors (Lipinski definition) is 2. The molecule has 0 bridgehead atoms. The number of imidazole rings is 1. The molecular weight excluding hydrogens is 356 g/mol. The number of carbonyl (C=O) groups is 2. The molecule has 0 spiro atoms. The Hall–Kier alpha value is -3.63. The number of likely N-dealkylation sites (N-methyl/N-ethyl adjacent to an activating group) is 1. The Bertz CT molecular complexity index is 1110. The lowest BCUT2D eigenvalue weighted by atomic mass is 10.1. The predicted molar refractivity (Wildman–Crippen MR) is 105 cm³/mol. The number of aromatic nitrogens is 2. The number of carbonyl (C=O) groups excluding carboxylic acids is 2. The molecule has 1 atom stereocenters. The van der Waals surface area contributed by atoms with Crippen LogP contribution in [0.15, 0.2) is 48.7 Å². The van der Waals surface area contributed by atoms with Gasteiger partial charge in [0.2, 0.25) is 5.82 Å². The summed E-state index contributed by atoms with van der Waals surface area (Å²) < 4.78 is 1.64. The van der Waals surface area contributed by atoms with Gasteiger partial charge in [0.15, 0.2) is 6.10 Å². The first-order valence-electron chi connectivity index (χ1n) is 8.74. The van der Waals surface area contributed by atoms with E-state index in [4.69, 9.17) is 5.73 Å². The maximum Gasteiger partial charge on any atom is 0.285 e. The molecule has 0 radical (unpaired) electrons. The lowest BCUT2D eigenvalue weighted by Gasteiger charge is -2.15. The Labute approximate surface area is 162 Å². The Morgan fingerprint density at radius 3 is 2.79 bits per heavy atom. The summed E-state index contributed by atoms with van der Waals surface area (Å²) in [6.07, 6.45) is 0.338. The van der Waals surface area contributed by atoms with Gasteiger partial charge in [0.1, 0.15) is 0 Å². The van der Waals surface area contributed by atoms with Crippen LogP contribution in [0.5, 0.6) is 0 Å². The summed E-state index contributed by atoms with van der Waals surface area (Å²) in [6, 6.07) is 12.7. The standard InChI is InChI=1S/C21H20N4O3/c1-3-24(2)21(28)17(26)11-10-14-7-6-8-15(13-14)18-16-9-4-5-12-25(16)20(23-18)19(22)27/h4-9,12-13,17,26H,3H2,1-2H3,(H2,22,27)/t17-/m1/s1. The molecule has 2 amide bonds. The van der Waals surface area contributed by atoms with E-state index in [2.05, 4.69) is 16.8 Å². The van der Waals surface area contributed by atoms with Gasteiger partial charge in [-0.3, -0.25) is 14.0 Å². The van der Waals surface area contributed by atoms with E-state index < -0.39 is 17.9 Å². The second kappa shape index (κ2) is 7.94. The molecule has 0 unspecified atom stereocenters. The summed E-state index contributed by atoms with van der Waals surface area (Å²) in [5.74, 6) is 4.46. The van der Waals surface area contributed by atoms with Crippen molar-refractivity contribution in [1.82, 2.24) is 14.3 Å². The molecule has 3 aromatic rings. The summed E-state index contributed by atoms with van der Waals surface area (Å²) in [5.41, 5.74) is 8.13. The van der Waals surface area contributed by atoms with Crippen LogP contribution in [0.2, 0.25) is 0 Å². The number of pyridine rings is 1. The van der Waals surface area contributed by atoms with Crippen LogP contribution >= 0.6 is 0 Å². The summed E-state index contributed by atoms with van der Waals surface area (Å²) in [4.78, 5) is 29.4. The van der Waals surface area contributed by atoms with Crippen molar-refractivity contribution in [3.8, 4) is 23.1 Å². The monoisotopic (exact) mass is 376 g/mol. The van der Waals surface area contributed by atoms with Gasteiger partial charge in [0.25, 0.3) is 11.8 Å². The number of hydrogen-bond acceptors (Lipinski definition) is 4. The third kappa shape index (κ3) is 3.72. The largest absolute Gasteiger partial charge is 0.372 e. The molecule has 0 saturated carbocycles. The maximum absolute atomic E-state index is 11.9. The number of aliphatic hydroxyl groups is 1. The van der Waals surface area contributed by atoms with Crippen molar-refractivity contribution in [2.75, 3.05) is 13.6 Å². The molecule has 142 valence electrons. The first kappa shape index (κ1) is 19.1. The molecule has 1 aromatic carbocycles. The summed E-state index contributed by atoms with van der Waals surface area (Å²) >= 11 is 0. The predicted octanol–water partition coefficient (Wildman–Crippen LogP) is 1.29. The van der Waals surface area contributed by atoms with Gasteiger partial charge >= 0.3 is 0 Å². The quantitative estimate of drug-likeness (QED) is 0.670. The Balaban J connectivity index is 1.98. The van der Waals surface area contributed by atoms with Crippen molar-refractivity contribution in [3.63, 3.8) is 0 Å². The number of amides is 2. The van der Waals surface area contributed by atoms with E-state index >= 15 is 0 Å². The van der Waals surface area contributed by atoms with Crippen LogP contribution in [0.1, 0.15) is 23.1 Å². The van der Waals surface area contributed by atoms with Crippen LogP contribution in [0.3, 0.4) is 0 Å². The number of primary amides is 1. The minimum atomic E-state index is -1.39. The zero-order chi connectivity index (χ0) is 20.3. The molecule has 7 heteroatoms. The average molecular weight is 376 g/mol. The zero-order valence-corrected chi connectivity index (χ0v) is 15.6. The normalized spacial score (nSPS) is 11.5. The highest BCUT2D eigenvalue weighted by Gasteiger charge is 2.17. The van der Waals surface area contributed by atoms with Crippen LogP contribution < -0.4 is 5.73 Å². The van der Waals surface area contributed by atoms with Gasteiger partial charge in [-0.1, -0.05) is 30.0 Å². The third-order valence-electron chi connectivity index (χ3n) is 4.34. The molecule has 2 heterocycles. The molecule has 3 N–H and O–H groups in total. The lowest BCUT2D eigenvalue weighted by Crippen LogP contribution is -2.35. The molecule has 0 aliphatic carbocycles. The summed E-state index contributed by atoms with van der Waals surface area (Å²) in [6.45, 7) is 2.31. The molecule has 3 rings (SSSR count). The number of nitrogens with zero attached hydrogens (tertiary/aromatic N) is 3. The van der Waals surface area contributed by atoms with Crippen molar-refractivity contribution in [1.29, 1.82) is 0 Å². The molecule has 0 aliphatic rings. The Morgan fingerprint density at radius 1 is 1.29 bits per heavy atom. The Morgan fingerprint density at radius 2 is 2.07 bits per heavy atom. The first-order chi connectivity index (χ1) is 13.4. The Kier molecular flexibility index (Phi) is 5.43. The van der Waals surface area contributed by atoms with E-state index in [-0.39, 0.29) is 5.82 Å². The van der Waals surface area contributed by atoms with E-state index in [1.54, 1.807) is 41.9 Å². The van der Waals surface area contributed by atoms with Gasteiger partial charge in [-0.25, -0.2) is 4.98 Å². The highest BCUT2D eigenvalue weighted by atomic mass is 16.3. The lowest BCUT2D eigenvalue weighted by molar-refractivity contribution is -0.135.